The van der Waals surface area contributed by atoms with Gasteiger partial charge in [0.25, 0.3) is 11.8 Å². The van der Waals surface area contributed by atoms with Crippen molar-refractivity contribution in [3.05, 3.63) is 59.4 Å². The lowest BCUT2D eigenvalue weighted by molar-refractivity contribution is 0.0649. The summed E-state index contributed by atoms with van der Waals surface area (Å²) in [6, 6.07) is 9.21. The van der Waals surface area contributed by atoms with Gasteiger partial charge in [0.1, 0.15) is 5.76 Å². The summed E-state index contributed by atoms with van der Waals surface area (Å²) in [5, 5.41) is 9.52. The third-order valence-corrected chi connectivity index (χ3v) is 4.58. The zero-order valence-corrected chi connectivity index (χ0v) is 13.5. The van der Waals surface area contributed by atoms with Crippen molar-refractivity contribution in [3.8, 4) is 6.07 Å². The summed E-state index contributed by atoms with van der Waals surface area (Å²) in [4.78, 5) is 25.9. The average Bonchev–Trinajstić information content (AvgIpc) is 2.87. The molecule has 0 N–H and O–H groups in total. The summed E-state index contributed by atoms with van der Waals surface area (Å²) in [6.07, 6.45) is 7.29. The fourth-order valence-electron chi connectivity index (χ4n) is 3.13. The molecule has 5 heteroatoms. The lowest BCUT2D eigenvalue weighted by Crippen LogP contribution is -2.31. The second kappa shape index (κ2) is 6.32. The monoisotopic (exact) mass is 322 g/mol. The van der Waals surface area contributed by atoms with Gasteiger partial charge in [-0.3, -0.25) is 14.5 Å². The van der Waals surface area contributed by atoms with Crippen LogP contribution in [0.1, 0.15) is 40.0 Å². The van der Waals surface area contributed by atoms with E-state index in [9.17, 15) is 14.9 Å². The number of benzene rings is 1. The van der Waals surface area contributed by atoms with E-state index < -0.39 is 5.41 Å². The minimum atomic E-state index is -0.597. The molecule has 3 rings (SSSR count). The van der Waals surface area contributed by atoms with Crippen molar-refractivity contribution in [1.29, 1.82) is 5.26 Å². The largest absolute Gasteiger partial charge is 0.497 e. The fourth-order valence-corrected chi connectivity index (χ4v) is 3.13. The van der Waals surface area contributed by atoms with Gasteiger partial charge in [-0.1, -0.05) is 18.2 Å². The van der Waals surface area contributed by atoms with Gasteiger partial charge in [-0.15, -0.1) is 0 Å². The third-order valence-electron chi connectivity index (χ3n) is 4.58. The van der Waals surface area contributed by atoms with E-state index in [1.165, 1.54) is 4.90 Å². The first-order valence-corrected chi connectivity index (χ1v) is 7.90. The van der Waals surface area contributed by atoms with E-state index in [4.69, 9.17) is 4.74 Å². The van der Waals surface area contributed by atoms with Crippen LogP contribution in [0, 0.1) is 16.7 Å². The fraction of sp³-hybridized carbons (Fsp3) is 0.316. The van der Waals surface area contributed by atoms with Gasteiger partial charge < -0.3 is 4.74 Å². The van der Waals surface area contributed by atoms with E-state index in [0.29, 0.717) is 36.9 Å². The number of hydrogen-bond acceptors (Lipinski definition) is 4. The minimum Gasteiger partial charge on any atom is -0.497 e. The number of rotatable bonds is 5. The molecule has 0 saturated heterocycles. The number of nitriles is 1. The van der Waals surface area contributed by atoms with Crippen LogP contribution in [-0.4, -0.2) is 30.4 Å². The summed E-state index contributed by atoms with van der Waals surface area (Å²) in [7, 11) is 1.60. The number of carbonyl (C=O) groups excluding carboxylic acids is 2. The van der Waals surface area contributed by atoms with Crippen LogP contribution in [0.3, 0.4) is 0 Å². The molecule has 0 aromatic heterocycles. The summed E-state index contributed by atoms with van der Waals surface area (Å²) in [5.74, 6) is 0.256. The third kappa shape index (κ3) is 2.71. The van der Waals surface area contributed by atoms with E-state index in [1.807, 2.05) is 12.2 Å². The summed E-state index contributed by atoms with van der Waals surface area (Å²) >= 11 is 0. The molecule has 0 radical (unpaired) electrons. The normalized spacial score (nSPS) is 22.2. The molecule has 1 aromatic carbocycles. The molecule has 1 aliphatic heterocycles. The smallest absolute Gasteiger partial charge is 0.261 e. The van der Waals surface area contributed by atoms with Gasteiger partial charge in [0, 0.05) is 6.54 Å². The Labute approximate surface area is 140 Å². The Morgan fingerprint density at radius 2 is 1.92 bits per heavy atom. The van der Waals surface area contributed by atoms with Crippen molar-refractivity contribution in [2.75, 3.05) is 13.7 Å². The predicted octanol–water partition coefficient (Wildman–Crippen LogP) is 3.06. The summed E-state index contributed by atoms with van der Waals surface area (Å²) in [5.41, 5.74) is 0.325. The Morgan fingerprint density at radius 3 is 2.42 bits per heavy atom. The van der Waals surface area contributed by atoms with Crippen molar-refractivity contribution in [2.45, 2.75) is 19.3 Å². The zero-order valence-electron chi connectivity index (χ0n) is 13.5. The van der Waals surface area contributed by atoms with E-state index in [2.05, 4.69) is 6.07 Å². The molecule has 0 bridgehead atoms. The summed E-state index contributed by atoms with van der Waals surface area (Å²) < 4.78 is 5.15. The minimum absolute atomic E-state index is 0.248. The molecule has 1 aliphatic carbocycles. The van der Waals surface area contributed by atoms with Gasteiger partial charge >= 0.3 is 0 Å². The highest BCUT2D eigenvalue weighted by Gasteiger charge is 2.35. The Hall–Kier alpha value is -2.87. The van der Waals surface area contributed by atoms with Gasteiger partial charge in [-0.2, -0.15) is 5.26 Å². The van der Waals surface area contributed by atoms with E-state index in [-0.39, 0.29) is 11.8 Å². The van der Waals surface area contributed by atoms with Crippen LogP contribution in [0.4, 0.5) is 0 Å². The van der Waals surface area contributed by atoms with Crippen molar-refractivity contribution < 1.29 is 14.3 Å². The Bertz CT molecular complexity index is 753. The number of nitrogens with zero attached hydrogens (tertiary/aromatic N) is 2. The molecule has 2 aliphatic rings. The molecule has 1 aromatic rings. The molecule has 0 fully saturated rings. The Balaban J connectivity index is 1.63. The van der Waals surface area contributed by atoms with Crippen molar-refractivity contribution >= 4 is 11.8 Å². The molecule has 2 amide bonds. The lowest BCUT2D eigenvalue weighted by Gasteiger charge is -2.25. The number of allylic oxidation sites excluding steroid dienone is 3. The molecule has 24 heavy (non-hydrogen) atoms. The standard InChI is InChI=1S/C19H18N2O3/c1-24-14-7-10-19(13-20,11-8-14)9-4-12-21-17(22)15-5-2-3-6-16(15)18(21)23/h2-3,5-8,10H,4,9,11-12H2,1H3. The maximum absolute atomic E-state index is 12.3. The van der Waals surface area contributed by atoms with Gasteiger partial charge in [-0.05, 0) is 43.5 Å². The van der Waals surface area contributed by atoms with Gasteiger partial charge in [0.15, 0.2) is 0 Å². The predicted molar refractivity (Wildman–Crippen MR) is 87.9 cm³/mol. The number of carbonyl (C=O) groups is 2. The molecule has 122 valence electrons. The average molecular weight is 322 g/mol. The Kier molecular flexibility index (Phi) is 4.22. The highest BCUT2D eigenvalue weighted by molar-refractivity contribution is 6.21. The molecule has 1 atom stereocenters. The number of ether oxygens (including phenoxy) is 1. The molecule has 0 spiro atoms. The first kappa shape index (κ1) is 16.0. The number of hydrogen-bond donors (Lipinski definition) is 0. The van der Waals surface area contributed by atoms with Crippen LogP contribution in [-0.2, 0) is 4.74 Å². The van der Waals surface area contributed by atoms with E-state index in [0.717, 1.165) is 5.76 Å². The van der Waals surface area contributed by atoms with Crippen LogP contribution in [0.25, 0.3) is 0 Å². The molecular formula is C19H18N2O3. The van der Waals surface area contributed by atoms with Crippen LogP contribution in [0.5, 0.6) is 0 Å². The molecule has 5 nitrogen and oxygen atoms in total. The van der Waals surface area contributed by atoms with E-state index >= 15 is 0 Å². The number of methoxy groups -OCH3 is 1. The van der Waals surface area contributed by atoms with Gasteiger partial charge in [0.05, 0.1) is 29.7 Å². The highest BCUT2D eigenvalue weighted by atomic mass is 16.5. The van der Waals surface area contributed by atoms with Gasteiger partial charge in [0.2, 0.25) is 0 Å². The first-order valence-electron chi connectivity index (χ1n) is 7.90. The molecule has 1 unspecified atom stereocenters. The first-order chi connectivity index (χ1) is 11.6. The SMILES string of the molecule is COC1=CCC(C#N)(CCCN2C(=O)c3ccccc3C2=O)C=C1. The number of amides is 2. The van der Waals surface area contributed by atoms with Crippen LogP contribution < -0.4 is 0 Å². The topological polar surface area (TPSA) is 70.4 Å². The van der Waals surface area contributed by atoms with Crippen molar-refractivity contribution in [1.82, 2.24) is 4.90 Å². The van der Waals surface area contributed by atoms with Crippen LogP contribution in [0.15, 0.2) is 48.3 Å². The van der Waals surface area contributed by atoms with Crippen molar-refractivity contribution in [3.63, 3.8) is 0 Å². The van der Waals surface area contributed by atoms with Crippen LogP contribution >= 0.6 is 0 Å². The van der Waals surface area contributed by atoms with Crippen LogP contribution in [0.2, 0.25) is 0 Å². The number of imide groups is 1. The Morgan fingerprint density at radius 1 is 1.25 bits per heavy atom. The zero-order chi connectivity index (χ0) is 17.2. The number of fused-ring (bicyclic) bond motifs is 1. The lowest BCUT2D eigenvalue weighted by atomic mass is 9.79. The maximum Gasteiger partial charge on any atom is 0.261 e. The van der Waals surface area contributed by atoms with E-state index in [1.54, 1.807) is 37.5 Å². The summed E-state index contributed by atoms with van der Waals surface area (Å²) in [6.45, 7) is 0.324. The molecular weight excluding hydrogens is 304 g/mol. The van der Waals surface area contributed by atoms with Gasteiger partial charge in [-0.25, -0.2) is 0 Å². The molecule has 1 heterocycles. The second-order valence-electron chi connectivity index (χ2n) is 6.03. The van der Waals surface area contributed by atoms with Crippen molar-refractivity contribution in [2.24, 2.45) is 5.41 Å². The second-order valence-corrected chi connectivity index (χ2v) is 6.03. The highest BCUT2D eigenvalue weighted by Crippen LogP contribution is 2.34. The maximum atomic E-state index is 12.3. The quantitative estimate of drug-likeness (QED) is 0.781. The molecule has 0 saturated carbocycles.